The van der Waals surface area contributed by atoms with Gasteiger partial charge in [0.1, 0.15) is 5.75 Å². The summed E-state index contributed by atoms with van der Waals surface area (Å²) < 4.78 is 37.8. The first-order valence-corrected chi connectivity index (χ1v) is 16.2. The number of nitrogens with zero attached hydrogens (tertiary/aromatic N) is 4. The monoisotopic (exact) mass is 594 g/mol. The number of fused-ring (bicyclic) bond motifs is 1. The zero-order chi connectivity index (χ0) is 30.6. The lowest BCUT2D eigenvalue weighted by Crippen LogP contribution is -2.42. The van der Waals surface area contributed by atoms with Crippen molar-refractivity contribution in [2.45, 2.75) is 77.5 Å². The lowest BCUT2D eigenvalue weighted by molar-refractivity contribution is -0.135. The van der Waals surface area contributed by atoms with E-state index >= 15 is 0 Å². The number of methoxy groups -OCH3 is 1. The standard InChI is InChI=1S/C33H46N4O4S/c1-8-29-30-17-16-28(23-34(5)6)36(30)19-20-37(29)32(38)15-12-18-35(22-27-13-10-9-11-14-27)42(39,40)33-24(2)21-31(41-7)25(3)26(33)4/h9-11,13-14,16-17,21,29H,8,12,15,18-20,22-23H2,1-7H3. The highest BCUT2D eigenvalue weighted by Crippen LogP contribution is 2.34. The van der Waals surface area contributed by atoms with E-state index in [1.54, 1.807) is 13.2 Å². The molecule has 2 aromatic carbocycles. The molecule has 1 aliphatic heterocycles. The fourth-order valence-electron chi connectivity index (χ4n) is 6.19. The van der Waals surface area contributed by atoms with Crippen molar-refractivity contribution in [3.63, 3.8) is 0 Å². The molecule has 0 spiro atoms. The van der Waals surface area contributed by atoms with Crippen LogP contribution in [0.5, 0.6) is 5.75 Å². The summed E-state index contributed by atoms with van der Waals surface area (Å²) in [5, 5.41) is 0. The number of rotatable bonds is 12. The summed E-state index contributed by atoms with van der Waals surface area (Å²) in [4.78, 5) is 18.0. The van der Waals surface area contributed by atoms with Crippen molar-refractivity contribution < 1.29 is 17.9 Å². The van der Waals surface area contributed by atoms with Gasteiger partial charge in [-0.05, 0) is 88.2 Å². The van der Waals surface area contributed by atoms with Gasteiger partial charge in [-0.25, -0.2) is 8.42 Å². The number of carbonyl (C=O) groups is 1. The van der Waals surface area contributed by atoms with Crippen molar-refractivity contribution in [1.29, 1.82) is 0 Å². The van der Waals surface area contributed by atoms with Crippen LogP contribution in [0, 0.1) is 20.8 Å². The molecule has 0 aliphatic carbocycles. The van der Waals surface area contributed by atoms with E-state index < -0.39 is 10.0 Å². The molecule has 1 unspecified atom stereocenters. The van der Waals surface area contributed by atoms with E-state index in [1.807, 2.05) is 56.0 Å². The molecule has 0 saturated heterocycles. The molecule has 0 bridgehead atoms. The van der Waals surface area contributed by atoms with Gasteiger partial charge in [-0.1, -0.05) is 37.3 Å². The number of aromatic nitrogens is 1. The quantitative estimate of drug-likeness (QED) is 0.279. The number of aryl methyl sites for hydroxylation is 1. The van der Waals surface area contributed by atoms with Gasteiger partial charge < -0.3 is 19.1 Å². The average molecular weight is 595 g/mol. The highest BCUT2D eigenvalue weighted by molar-refractivity contribution is 7.89. The average Bonchev–Trinajstić information content (AvgIpc) is 3.36. The van der Waals surface area contributed by atoms with E-state index in [9.17, 15) is 13.2 Å². The maximum atomic E-state index is 14.2. The summed E-state index contributed by atoms with van der Waals surface area (Å²) in [6.45, 7) is 10.4. The number of hydrogen-bond acceptors (Lipinski definition) is 5. The summed E-state index contributed by atoms with van der Waals surface area (Å²) in [5.74, 6) is 0.754. The summed E-state index contributed by atoms with van der Waals surface area (Å²) in [6.07, 6.45) is 1.57. The maximum Gasteiger partial charge on any atom is 0.243 e. The van der Waals surface area contributed by atoms with Gasteiger partial charge in [-0.15, -0.1) is 0 Å². The van der Waals surface area contributed by atoms with Crippen LogP contribution in [-0.2, 0) is 34.5 Å². The number of amides is 1. The third-order valence-corrected chi connectivity index (χ3v) is 10.5. The SMILES string of the molecule is CCC1c2ccc(CN(C)C)n2CCN1C(=O)CCCN(Cc1ccccc1)S(=O)(=O)c1c(C)cc(OC)c(C)c1C. The zero-order valence-corrected chi connectivity index (χ0v) is 27.0. The van der Waals surface area contributed by atoms with Crippen LogP contribution >= 0.6 is 0 Å². The second-order valence-electron chi connectivity index (χ2n) is 11.6. The third-order valence-electron chi connectivity index (χ3n) is 8.37. The fraction of sp³-hybridized carbons (Fsp3) is 0.485. The molecule has 8 nitrogen and oxygen atoms in total. The van der Waals surface area contributed by atoms with E-state index in [4.69, 9.17) is 4.74 Å². The lowest BCUT2D eigenvalue weighted by Gasteiger charge is -2.37. The predicted molar refractivity (Wildman–Crippen MR) is 167 cm³/mol. The van der Waals surface area contributed by atoms with E-state index in [-0.39, 0.29) is 25.0 Å². The smallest absolute Gasteiger partial charge is 0.243 e. The molecule has 0 saturated carbocycles. The molecule has 0 N–H and O–H groups in total. The minimum Gasteiger partial charge on any atom is -0.496 e. The van der Waals surface area contributed by atoms with Gasteiger partial charge in [0, 0.05) is 50.5 Å². The van der Waals surface area contributed by atoms with Crippen LogP contribution < -0.4 is 4.74 Å². The Labute approximate surface area is 251 Å². The van der Waals surface area contributed by atoms with Crippen LogP contribution in [0.4, 0.5) is 0 Å². The van der Waals surface area contributed by atoms with Gasteiger partial charge in [0.25, 0.3) is 0 Å². The van der Waals surface area contributed by atoms with Crippen molar-refractivity contribution in [1.82, 2.24) is 18.7 Å². The fourth-order valence-corrected chi connectivity index (χ4v) is 8.14. The summed E-state index contributed by atoms with van der Waals surface area (Å²) in [7, 11) is 1.88. The molecule has 42 heavy (non-hydrogen) atoms. The van der Waals surface area contributed by atoms with Gasteiger partial charge in [-0.3, -0.25) is 4.79 Å². The van der Waals surface area contributed by atoms with E-state index in [0.717, 1.165) is 30.6 Å². The molecule has 1 aromatic heterocycles. The Kier molecular flexibility index (Phi) is 10.2. The minimum atomic E-state index is -3.85. The number of carbonyl (C=O) groups excluding carboxylic acids is 1. The number of hydrogen-bond donors (Lipinski definition) is 0. The molecule has 3 aromatic rings. The van der Waals surface area contributed by atoms with Gasteiger partial charge in [0.15, 0.2) is 0 Å². The molecule has 4 rings (SSSR count). The highest BCUT2D eigenvalue weighted by Gasteiger charge is 2.32. The van der Waals surface area contributed by atoms with Crippen molar-refractivity contribution in [3.05, 3.63) is 82.2 Å². The van der Waals surface area contributed by atoms with Gasteiger partial charge in [-0.2, -0.15) is 4.31 Å². The Bertz CT molecular complexity index is 1500. The molecular weight excluding hydrogens is 548 g/mol. The normalized spacial score (nSPS) is 15.4. The number of ether oxygens (including phenoxy) is 1. The Morgan fingerprint density at radius 1 is 1.00 bits per heavy atom. The van der Waals surface area contributed by atoms with Crippen LogP contribution in [-0.4, -0.2) is 67.3 Å². The van der Waals surface area contributed by atoms with E-state index in [2.05, 4.69) is 42.6 Å². The molecule has 2 heterocycles. The van der Waals surface area contributed by atoms with Crippen LogP contribution in [0.1, 0.15) is 65.9 Å². The Hall–Kier alpha value is -3.14. The van der Waals surface area contributed by atoms with Gasteiger partial charge in [0.05, 0.1) is 18.0 Å². The van der Waals surface area contributed by atoms with Crippen LogP contribution in [0.25, 0.3) is 0 Å². The van der Waals surface area contributed by atoms with Crippen LogP contribution in [0.3, 0.4) is 0 Å². The van der Waals surface area contributed by atoms with E-state index in [1.165, 1.54) is 15.7 Å². The number of benzene rings is 2. The Morgan fingerprint density at radius 2 is 1.71 bits per heavy atom. The molecule has 228 valence electrons. The zero-order valence-electron chi connectivity index (χ0n) is 26.2. The first-order valence-electron chi connectivity index (χ1n) is 14.8. The topological polar surface area (TPSA) is 75.1 Å². The first kappa shape index (κ1) is 31.8. The van der Waals surface area contributed by atoms with Crippen LogP contribution in [0.15, 0.2) is 53.4 Å². The van der Waals surface area contributed by atoms with Gasteiger partial charge >= 0.3 is 0 Å². The minimum absolute atomic E-state index is 0.0268. The predicted octanol–water partition coefficient (Wildman–Crippen LogP) is 5.45. The van der Waals surface area contributed by atoms with Crippen molar-refractivity contribution >= 4 is 15.9 Å². The third kappa shape index (κ3) is 6.58. The summed E-state index contributed by atoms with van der Waals surface area (Å²) >= 11 is 0. The van der Waals surface area contributed by atoms with Gasteiger partial charge in [0.2, 0.25) is 15.9 Å². The van der Waals surface area contributed by atoms with Crippen molar-refractivity contribution in [2.75, 3.05) is 34.3 Å². The molecule has 1 aliphatic rings. The first-order chi connectivity index (χ1) is 20.0. The Balaban J connectivity index is 1.54. The Morgan fingerprint density at radius 3 is 2.36 bits per heavy atom. The number of sulfonamides is 1. The second kappa shape index (κ2) is 13.4. The molecule has 0 radical (unpaired) electrons. The summed E-state index contributed by atoms with van der Waals surface area (Å²) in [5.41, 5.74) is 5.51. The lowest BCUT2D eigenvalue weighted by atomic mass is 10.1. The molecule has 1 atom stereocenters. The van der Waals surface area contributed by atoms with E-state index in [0.29, 0.717) is 41.2 Å². The maximum absolute atomic E-state index is 14.2. The molecule has 9 heteroatoms. The molecule has 0 fully saturated rings. The van der Waals surface area contributed by atoms with Crippen molar-refractivity contribution in [3.8, 4) is 5.75 Å². The molecular formula is C33H46N4O4S. The largest absolute Gasteiger partial charge is 0.496 e. The van der Waals surface area contributed by atoms with Crippen molar-refractivity contribution in [2.24, 2.45) is 0 Å². The highest BCUT2D eigenvalue weighted by atomic mass is 32.2. The summed E-state index contributed by atoms with van der Waals surface area (Å²) in [6, 6.07) is 15.8. The molecule has 1 amide bonds. The van der Waals surface area contributed by atoms with Crippen LogP contribution in [0.2, 0.25) is 0 Å². The second-order valence-corrected chi connectivity index (χ2v) is 13.4.